The zero-order valence-electron chi connectivity index (χ0n) is 10.3. The molecule has 3 nitrogen and oxygen atoms in total. The van der Waals surface area contributed by atoms with E-state index in [-0.39, 0.29) is 0 Å². The van der Waals surface area contributed by atoms with E-state index in [1.165, 1.54) is 0 Å². The molecule has 0 radical (unpaired) electrons. The van der Waals surface area contributed by atoms with Gasteiger partial charge in [-0.2, -0.15) is 0 Å². The van der Waals surface area contributed by atoms with Gasteiger partial charge in [-0.1, -0.05) is 18.2 Å². The second kappa shape index (κ2) is 7.07. The summed E-state index contributed by atoms with van der Waals surface area (Å²) in [4.78, 5) is 0. The molecule has 17 heavy (non-hydrogen) atoms. The van der Waals surface area contributed by atoms with Gasteiger partial charge in [0.1, 0.15) is 0 Å². The molecule has 4 heteroatoms. The van der Waals surface area contributed by atoms with Crippen LogP contribution in [0.4, 0.5) is 5.69 Å². The van der Waals surface area contributed by atoms with E-state index in [4.69, 9.17) is 21.1 Å². The largest absolute Gasteiger partial charge is 0.490 e. The van der Waals surface area contributed by atoms with Crippen LogP contribution in [0.1, 0.15) is 13.8 Å². The van der Waals surface area contributed by atoms with E-state index >= 15 is 0 Å². The molecular weight excluding hydrogens is 238 g/mol. The second-order valence-corrected chi connectivity index (χ2v) is 3.93. The summed E-state index contributed by atoms with van der Waals surface area (Å²) < 4.78 is 11.0. The number of hydrogen-bond donors (Lipinski definition) is 1. The van der Waals surface area contributed by atoms with E-state index in [1.54, 1.807) is 0 Å². The zero-order valence-corrected chi connectivity index (χ0v) is 11.0. The van der Waals surface area contributed by atoms with Crippen molar-refractivity contribution in [2.45, 2.75) is 13.8 Å². The Bertz CT molecular complexity index is 380. The highest BCUT2D eigenvalue weighted by molar-refractivity contribution is 6.29. The molecule has 0 spiro atoms. The summed E-state index contributed by atoms with van der Waals surface area (Å²) in [6.07, 6.45) is 0. The number of hydrogen-bond acceptors (Lipinski definition) is 3. The van der Waals surface area contributed by atoms with Crippen LogP contribution in [-0.4, -0.2) is 19.8 Å². The SMILES string of the molecule is C=C(Cl)CNc1ccc(OCC)c(OCC)c1. The summed E-state index contributed by atoms with van der Waals surface area (Å²) in [5.74, 6) is 1.49. The third-order valence-electron chi connectivity index (χ3n) is 2.03. The van der Waals surface area contributed by atoms with Crippen LogP contribution in [0, 0.1) is 0 Å². The van der Waals surface area contributed by atoms with Crippen molar-refractivity contribution in [2.24, 2.45) is 0 Å². The highest BCUT2D eigenvalue weighted by Gasteiger charge is 2.05. The van der Waals surface area contributed by atoms with E-state index < -0.39 is 0 Å². The highest BCUT2D eigenvalue weighted by atomic mass is 35.5. The molecule has 0 aromatic heterocycles. The molecule has 0 bridgehead atoms. The Morgan fingerprint density at radius 1 is 1.24 bits per heavy atom. The zero-order chi connectivity index (χ0) is 12.7. The van der Waals surface area contributed by atoms with E-state index in [0.717, 1.165) is 17.2 Å². The van der Waals surface area contributed by atoms with Gasteiger partial charge in [0.25, 0.3) is 0 Å². The second-order valence-electron chi connectivity index (χ2n) is 3.40. The maximum atomic E-state index is 5.70. The van der Waals surface area contributed by atoms with Crippen molar-refractivity contribution in [3.63, 3.8) is 0 Å². The highest BCUT2D eigenvalue weighted by Crippen LogP contribution is 2.30. The first-order valence-electron chi connectivity index (χ1n) is 5.64. The summed E-state index contributed by atoms with van der Waals surface area (Å²) in [6, 6.07) is 5.70. The molecule has 0 amide bonds. The third kappa shape index (κ3) is 4.57. The minimum absolute atomic E-state index is 0.529. The summed E-state index contributed by atoms with van der Waals surface area (Å²) >= 11 is 5.70. The monoisotopic (exact) mass is 255 g/mol. The summed E-state index contributed by atoms with van der Waals surface area (Å²) in [6.45, 7) is 9.26. The fourth-order valence-electron chi connectivity index (χ4n) is 1.36. The molecule has 0 saturated carbocycles. The molecule has 0 saturated heterocycles. The summed E-state index contributed by atoms with van der Waals surface area (Å²) in [5.41, 5.74) is 0.929. The lowest BCUT2D eigenvalue weighted by Crippen LogP contribution is -2.03. The number of ether oxygens (including phenoxy) is 2. The molecular formula is C13H18ClNO2. The molecule has 1 aromatic rings. The van der Waals surface area contributed by atoms with Gasteiger partial charge >= 0.3 is 0 Å². The molecule has 1 N–H and O–H groups in total. The minimum atomic E-state index is 0.529. The van der Waals surface area contributed by atoms with Gasteiger partial charge in [0.05, 0.1) is 19.8 Å². The molecule has 0 aliphatic rings. The Balaban J connectivity index is 2.80. The fourth-order valence-corrected chi connectivity index (χ4v) is 1.43. The van der Waals surface area contributed by atoms with Crippen LogP contribution in [0.2, 0.25) is 0 Å². The maximum absolute atomic E-state index is 5.70. The van der Waals surface area contributed by atoms with E-state index in [1.807, 2.05) is 32.0 Å². The Hall–Kier alpha value is -1.35. The van der Waals surface area contributed by atoms with Crippen molar-refractivity contribution < 1.29 is 9.47 Å². The predicted molar refractivity (Wildman–Crippen MR) is 72.3 cm³/mol. The van der Waals surface area contributed by atoms with Gasteiger partial charge in [-0.25, -0.2) is 0 Å². The molecule has 1 aromatic carbocycles. The quantitative estimate of drug-likeness (QED) is 0.807. The number of nitrogens with one attached hydrogen (secondary N) is 1. The molecule has 94 valence electrons. The average molecular weight is 256 g/mol. The van der Waals surface area contributed by atoms with Crippen LogP contribution in [0.3, 0.4) is 0 Å². The smallest absolute Gasteiger partial charge is 0.163 e. The lowest BCUT2D eigenvalue weighted by Gasteiger charge is -2.13. The van der Waals surface area contributed by atoms with Crippen molar-refractivity contribution in [3.05, 3.63) is 29.8 Å². The molecule has 0 unspecified atom stereocenters. The van der Waals surface area contributed by atoms with Crippen LogP contribution < -0.4 is 14.8 Å². The summed E-state index contributed by atoms with van der Waals surface area (Å²) in [5, 5.41) is 3.71. The van der Waals surface area contributed by atoms with Gasteiger partial charge < -0.3 is 14.8 Å². The van der Waals surface area contributed by atoms with Crippen LogP contribution in [0.25, 0.3) is 0 Å². The van der Waals surface area contributed by atoms with Crippen molar-refractivity contribution >= 4 is 17.3 Å². The molecule has 0 heterocycles. The first-order valence-corrected chi connectivity index (χ1v) is 6.02. The molecule has 0 atom stereocenters. The Kier molecular flexibility index (Phi) is 5.70. The van der Waals surface area contributed by atoms with Crippen molar-refractivity contribution in [1.82, 2.24) is 0 Å². The molecule has 0 fully saturated rings. The number of anilines is 1. The topological polar surface area (TPSA) is 30.5 Å². The number of benzene rings is 1. The van der Waals surface area contributed by atoms with E-state index in [0.29, 0.717) is 24.8 Å². The van der Waals surface area contributed by atoms with Gasteiger partial charge in [-0.05, 0) is 26.0 Å². The average Bonchev–Trinajstić information content (AvgIpc) is 2.30. The normalized spacial score (nSPS) is 9.82. The van der Waals surface area contributed by atoms with Gasteiger partial charge in [-0.3, -0.25) is 0 Å². The Labute approximate surface area is 107 Å². The van der Waals surface area contributed by atoms with Crippen LogP contribution in [0.15, 0.2) is 29.8 Å². The molecule has 1 rings (SSSR count). The predicted octanol–water partition coefficient (Wildman–Crippen LogP) is 3.65. The molecule has 0 aliphatic heterocycles. The summed E-state index contributed by atoms with van der Waals surface area (Å²) in [7, 11) is 0. The van der Waals surface area contributed by atoms with Gasteiger partial charge in [0, 0.05) is 16.8 Å². The fraction of sp³-hybridized carbons (Fsp3) is 0.385. The minimum Gasteiger partial charge on any atom is -0.490 e. The van der Waals surface area contributed by atoms with Crippen LogP contribution >= 0.6 is 11.6 Å². The standard InChI is InChI=1S/C13H18ClNO2/c1-4-16-12-7-6-11(15-9-10(3)14)8-13(12)17-5-2/h6-8,15H,3-5,9H2,1-2H3. The number of rotatable bonds is 7. The lowest BCUT2D eigenvalue weighted by molar-refractivity contribution is 0.288. The van der Waals surface area contributed by atoms with Gasteiger partial charge in [-0.15, -0.1) is 0 Å². The molecule has 0 aliphatic carbocycles. The van der Waals surface area contributed by atoms with Gasteiger partial charge in [0.2, 0.25) is 0 Å². The van der Waals surface area contributed by atoms with Crippen molar-refractivity contribution in [3.8, 4) is 11.5 Å². The van der Waals surface area contributed by atoms with Gasteiger partial charge in [0.15, 0.2) is 11.5 Å². The Morgan fingerprint density at radius 3 is 2.47 bits per heavy atom. The first-order chi connectivity index (χ1) is 8.17. The van der Waals surface area contributed by atoms with E-state index in [9.17, 15) is 0 Å². The number of halogens is 1. The third-order valence-corrected chi connectivity index (χ3v) is 2.16. The van der Waals surface area contributed by atoms with Crippen molar-refractivity contribution in [2.75, 3.05) is 25.1 Å². The Morgan fingerprint density at radius 2 is 1.88 bits per heavy atom. The maximum Gasteiger partial charge on any atom is 0.163 e. The lowest BCUT2D eigenvalue weighted by atomic mass is 10.2. The van der Waals surface area contributed by atoms with Crippen LogP contribution in [0.5, 0.6) is 11.5 Å². The van der Waals surface area contributed by atoms with Crippen LogP contribution in [-0.2, 0) is 0 Å². The first kappa shape index (κ1) is 13.7. The van der Waals surface area contributed by atoms with Crippen molar-refractivity contribution in [1.29, 1.82) is 0 Å². The van der Waals surface area contributed by atoms with E-state index in [2.05, 4.69) is 11.9 Å².